The fourth-order valence-electron chi connectivity index (χ4n) is 2.56. The van der Waals surface area contributed by atoms with Crippen molar-refractivity contribution in [3.05, 3.63) is 22.2 Å². The third-order valence-corrected chi connectivity index (χ3v) is 3.69. The lowest BCUT2D eigenvalue weighted by Crippen LogP contribution is -2.46. The van der Waals surface area contributed by atoms with Crippen LogP contribution in [0.5, 0.6) is 0 Å². The molecule has 3 rings (SSSR count). The molecule has 1 aliphatic rings. The molecule has 1 aliphatic heterocycles. The van der Waals surface area contributed by atoms with Crippen molar-refractivity contribution in [2.24, 2.45) is 0 Å². The summed E-state index contributed by atoms with van der Waals surface area (Å²) < 4.78 is 4.65. The normalized spacial score (nSPS) is 22.9. The number of anilines is 1. The first-order valence-electron chi connectivity index (χ1n) is 6.56. The number of hydrogen-bond acceptors (Lipinski definition) is 7. The standard InChI is InChI=1S/C12H15N5O3/c1-7-8(3-2-6-13-7)14-9-4-5-10(17(18)19)12-11(9)15-20-16-12/h4-5,7-8,13-14H,2-3,6H2,1H3. The molecule has 1 saturated heterocycles. The highest BCUT2D eigenvalue weighted by atomic mass is 16.6. The van der Waals surface area contributed by atoms with E-state index in [1.165, 1.54) is 6.07 Å². The van der Waals surface area contributed by atoms with Crippen LogP contribution in [0.4, 0.5) is 11.4 Å². The summed E-state index contributed by atoms with van der Waals surface area (Å²) in [6.07, 6.45) is 2.13. The maximum atomic E-state index is 10.9. The number of rotatable bonds is 3. The molecule has 0 aliphatic carbocycles. The van der Waals surface area contributed by atoms with Gasteiger partial charge < -0.3 is 10.6 Å². The average Bonchev–Trinajstić information content (AvgIpc) is 2.90. The third-order valence-electron chi connectivity index (χ3n) is 3.69. The Balaban J connectivity index is 1.94. The number of nitrogens with one attached hydrogen (secondary N) is 2. The lowest BCUT2D eigenvalue weighted by atomic mass is 9.99. The Morgan fingerprint density at radius 3 is 3.00 bits per heavy atom. The van der Waals surface area contributed by atoms with Crippen LogP contribution >= 0.6 is 0 Å². The van der Waals surface area contributed by atoms with Crippen LogP contribution in [-0.4, -0.2) is 33.9 Å². The maximum absolute atomic E-state index is 10.9. The second-order valence-electron chi connectivity index (χ2n) is 4.99. The van der Waals surface area contributed by atoms with Gasteiger partial charge in [-0.2, -0.15) is 0 Å². The minimum Gasteiger partial charge on any atom is -0.379 e. The van der Waals surface area contributed by atoms with E-state index >= 15 is 0 Å². The molecule has 106 valence electrons. The van der Waals surface area contributed by atoms with Gasteiger partial charge in [-0.05, 0) is 42.7 Å². The van der Waals surface area contributed by atoms with Crippen molar-refractivity contribution in [1.82, 2.24) is 15.6 Å². The van der Waals surface area contributed by atoms with Gasteiger partial charge in [0, 0.05) is 18.2 Å². The fraction of sp³-hybridized carbons (Fsp3) is 0.500. The van der Waals surface area contributed by atoms with Crippen molar-refractivity contribution >= 4 is 22.4 Å². The van der Waals surface area contributed by atoms with Crippen molar-refractivity contribution in [3.63, 3.8) is 0 Å². The zero-order valence-electron chi connectivity index (χ0n) is 11.0. The predicted octanol–water partition coefficient (Wildman–Crippen LogP) is 1.68. The van der Waals surface area contributed by atoms with Crippen LogP contribution in [0.25, 0.3) is 11.0 Å². The molecule has 0 radical (unpaired) electrons. The van der Waals surface area contributed by atoms with Crippen molar-refractivity contribution in [2.45, 2.75) is 31.8 Å². The molecule has 0 saturated carbocycles. The Morgan fingerprint density at radius 2 is 2.25 bits per heavy atom. The molecule has 1 aromatic carbocycles. The van der Waals surface area contributed by atoms with Gasteiger partial charge in [0.05, 0.1) is 10.6 Å². The van der Waals surface area contributed by atoms with Crippen molar-refractivity contribution in [2.75, 3.05) is 11.9 Å². The predicted molar refractivity (Wildman–Crippen MR) is 72.6 cm³/mol. The van der Waals surface area contributed by atoms with Gasteiger partial charge in [-0.25, -0.2) is 4.63 Å². The van der Waals surface area contributed by atoms with E-state index in [1.807, 2.05) is 0 Å². The van der Waals surface area contributed by atoms with Crippen LogP contribution in [-0.2, 0) is 0 Å². The Hall–Kier alpha value is -2.22. The van der Waals surface area contributed by atoms with Crippen LogP contribution in [0, 0.1) is 10.1 Å². The Morgan fingerprint density at radius 1 is 1.45 bits per heavy atom. The monoisotopic (exact) mass is 277 g/mol. The van der Waals surface area contributed by atoms with E-state index in [1.54, 1.807) is 6.07 Å². The quantitative estimate of drug-likeness (QED) is 0.649. The van der Waals surface area contributed by atoms with E-state index in [-0.39, 0.29) is 17.2 Å². The molecular weight excluding hydrogens is 262 g/mol. The van der Waals surface area contributed by atoms with E-state index in [9.17, 15) is 10.1 Å². The van der Waals surface area contributed by atoms with Gasteiger partial charge in [-0.1, -0.05) is 0 Å². The smallest absolute Gasteiger partial charge is 0.300 e. The van der Waals surface area contributed by atoms with Gasteiger partial charge in [0.25, 0.3) is 0 Å². The minimum atomic E-state index is -0.485. The molecule has 1 fully saturated rings. The van der Waals surface area contributed by atoms with Crippen molar-refractivity contribution in [3.8, 4) is 0 Å². The summed E-state index contributed by atoms with van der Waals surface area (Å²) >= 11 is 0. The molecule has 2 atom stereocenters. The van der Waals surface area contributed by atoms with Crippen LogP contribution in [0.3, 0.4) is 0 Å². The molecular formula is C12H15N5O3. The molecule has 2 aromatic rings. The van der Waals surface area contributed by atoms with Gasteiger partial charge in [-0.3, -0.25) is 10.1 Å². The second-order valence-corrected chi connectivity index (χ2v) is 4.99. The van der Waals surface area contributed by atoms with Gasteiger partial charge in [0.15, 0.2) is 5.52 Å². The molecule has 8 heteroatoms. The molecule has 0 spiro atoms. The summed E-state index contributed by atoms with van der Waals surface area (Å²) in [7, 11) is 0. The molecule has 1 aromatic heterocycles. The molecule has 0 bridgehead atoms. The molecule has 0 amide bonds. The summed E-state index contributed by atoms with van der Waals surface area (Å²) in [5.41, 5.74) is 1.20. The number of aromatic nitrogens is 2. The highest BCUT2D eigenvalue weighted by molar-refractivity contribution is 5.93. The second kappa shape index (κ2) is 5.04. The lowest BCUT2D eigenvalue weighted by Gasteiger charge is -2.31. The zero-order valence-corrected chi connectivity index (χ0v) is 11.0. The topological polar surface area (TPSA) is 106 Å². The summed E-state index contributed by atoms with van der Waals surface area (Å²) in [5, 5.41) is 25.1. The number of fused-ring (bicyclic) bond motifs is 1. The van der Waals surface area contributed by atoms with Crippen molar-refractivity contribution in [1.29, 1.82) is 0 Å². The average molecular weight is 277 g/mol. The van der Waals surface area contributed by atoms with Gasteiger partial charge in [-0.15, -0.1) is 0 Å². The minimum absolute atomic E-state index is 0.0957. The number of nitro benzene ring substituents is 1. The molecule has 2 unspecified atom stereocenters. The van der Waals surface area contributed by atoms with Gasteiger partial charge in [0.1, 0.15) is 0 Å². The largest absolute Gasteiger partial charge is 0.379 e. The number of nitro groups is 1. The first-order valence-corrected chi connectivity index (χ1v) is 6.56. The number of benzene rings is 1. The summed E-state index contributed by atoms with van der Waals surface area (Å²) in [6.45, 7) is 3.13. The fourth-order valence-corrected chi connectivity index (χ4v) is 2.56. The van der Waals surface area contributed by atoms with Crippen LogP contribution in [0.1, 0.15) is 19.8 Å². The van der Waals surface area contributed by atoms with Crippen LogP contribution in [0.15, 0.2) is 16.8 Å². The maximum Gasteiger partial charge on any atom is 0.300 e. The van der Waals surface area contributed by atoms with Gasteiger partial charge in [0.2, 0.25) is 5.52 Å². The molecule has 2 N–H and O–H groups in total. The SMILES string of the molecule is CC1NCCCC1Nc1ccc([N+](=O)[O-])c2nonc12. The number of nitrogens with zero attached hydrogens (tertiary/aromatic N) is 3. The molecule has 8 nitrogen and oxygen atoms in total. The van der Waals surface area contributed by atoms with Crippen molar-refractivity contribution < 1.29 is 9.55 Å². The van der Waals surface area contributed by atoms with E-state index in [0.29, 0.717) is 17.2 Å². The highest BCUT2D eigenvalue weighted by Crippen LogP contribution is 2.29. The van der Waals surface area contributed by atoms with Crippen LogP contribution < -0.4 is 10.6 Å². The van der Waals surface area contributed by atoms with E-state index in [2.05, 4.69) is 32.5 Å². The Labute approximate surface area is 114 Å². The first-order chi connectivity index (χ1) is 9.66. The third kappa shape index (κ3) is 2.18. The first kappa shape index (κ1) is 12.8. The summed E-state index contributed by atoms with van der Waals surface area (Å²) in [6, 6.07) is 3.67. The van der Waals surface area contributed by atoms with E-state index < -0.39 is 4.92 Å². The molecule has 20 heavy (non-hydrogen) atoms. The summed E-state index contributed by atoms with van der Waals surface area (Å²) in [4.78, 5) is 10.4. The Bertz CT molecular complexity index is 641. The molecule has 2 heterocycles. The van der Waals surface area contributed by atoms with Crippen LogP contribution in [0.2, 0.25) is 0 Å². The summed E-state index contributed by atoms with van der Waals surface area (Å²) in [5.74, 6) is 0. The van der Waals surface area contributed by atoms with E-state index in [4.69, 9.17) is 0 Å². The Kier molecular flexibility index (Phi) is 3.23. The lowest BCUT2D eigenvalue weighted by molar-refractivity contribution is -0.383. The number of hydrogen-bond donors (Lipinski definition) is 2. The van der Waals surface area contributed by atoms with E-state index in [0.717, 1.165) is 19.4 Å². The van der Waals surface area contributed by atoms with Gasteiger partial charge >= 0.3 is 5.69 Å². The highest BCUT2D eigenvalue weighted by Gasteiger charge is 2.24. The zero-order chi connectivity index (χ0) is 14.1. The number of piperidine rings is 1. The number of non-ortho nitro benzene ring substituents is 1.